The lowest BCUT2D eigenvalue weighted by Crippen LogP contribution is -2.18. The van der Waals surface area contributed by atoms with Crippen molar-refractivity contribution in [1.82, 2.24) is 4.98 Å². The lowest BCUT2D eigenvalue weighted by Gasteiger charge is -2.16. The molecular weight excluding hydrogens is 226 g/mol. The molecule has 0 aromatic carbocycles. The van der Waals surface area contributed by atoms with E-state index in [1.807, 2.05) is 19.9 Å². The SMILES string of the molecule is COC1CCC(Nc2cc(C)nc(C)c2C#N)C1. The fraction of sp³-hybridized carbons (Fsp3) is 0.571. The Kier molecular flexibility index (Phi) is 3.83. The van der Waals surface area contributed by atoms with E-state index in [4.69, 9.17) is 4.74 Å². The summed E-state index contributed by atoms with van der Waals surface area (Å²) >= 11 is 0. The van der Waals surface area contributed by atoms with Crippen molar-refractivity contribution in [3.05, 3.63) is 23.0 Å². The molecule has 0 radical (unpaired) electrons. The predicted molar refractivity (Wildman–Crippen MR) is 70.5 cm³/mol. The third-order valence-electron chi connectivity index (χ3n) is 3.52. The maximum absolute atomic E-state index is 9.21. The molecule has 2 atom stereocenters. The molecule has 0 spiro atoms. The smallest absolute Gasteiger partial charge is 0.103 e. The average molecular weight is 245 g/mol. The highest BCUT2D eigenvalue weighted by Crippen LogP contribution is 2.27. The summed E-state index contributed by atoms with van der Waals surface area (Å²) in [5.41, 5.74) is 3.29. The highest BCUT2D eigenvalue weighted by atomic mass is 16.5. The molecule has 4 heteroatoms. The highest BCUT2D eigenvalue weighted by molar-refractivity contribution is 5.60. The molecule has 1 aromatic heterocycles. The minimum atomic E-state index is 0.345. The van der Waals surface area contributed by atoms with Gasteiger partial charge >= 0.3 is 0 Å². The zero-order chi connectivity index (χ0) is 13.1. The van der Waals surface area contributed by atoms with Crippen molar-refractivity contribution < 1.29 is 4.74 Å². The van der Waals surface area contributed by atoms with E-state index >= 15 is 0 Å². The van der Waals surface area contributed by atoms with Gasteiger partial charge in [-0.05, 0) is 39.2 Å². The monoisotopic (exact) mass is 245 g/mol. The first-order chi connectivity index (χ1) is 8.63. The molecule has 96 valence electrons. The summed E-state index contributed by atoms with van der Waals surface area (Å²) in [6.07, 6.45) is 3.52. The Morgan fingerprint density at radius 1 is 1.44 bits per heavy atom. The summed E-state index contributed by atoms with van der Waals surface area (Å²) < 4.78 is 5.37. The highest BCUT2D eigenvalue weighted by Gasteiger charge is 2.25. The number of hydrogen-bond acceptors (Lipinski definition) is 4. The summed E-state index contributed by atoms with van der Waals surface area (Å²) in [6.45, 7) is 3.83. The number of anilines is 1. The largest absolute Gasteiger partial charge is 0.381 e. The molecule has 0 amide bonds. The maximum Gasteiger partial charge on any atom is 0.103 e. The summed E-state index contributed by atoms with van der Waals surface area (Å²) in [5, 5.41) is 12.7. The van der Waals surface area contributed by atoms with Crippen LogP contribution in [0.15, 0.2) is 6.07 Å². The molecule has 1 N–H and O–H groups in total. The van der Waals surface area contributed by atoms with Crippen LogP contribution in [0.2, 0.25) is 0 Å². The van der Waals surface area contributed by atoms with E-state index in [1.165, 1.54) is 0 Å². The Bertz CT molecular complexity index is 479. The lowest BCUT2D eigenvalue weighted by molar-refractivity contribution is 0.108. The van der Waals surface area contributed by atoms with Crippen molar-refractivity contribution in [1.29, 1.82) is 5.26 Å². The molecule has 0 saturated heterocycles. The van der Waals surface area contributed by atoms with Crippen molar-refractivity contribution >= 4 is 5.69 Å². The molecular formula is C14H19N3O. The van der Waals surface area contributed by atoms with Crippen molar-refractivity contribution in [2.45, 2.75) is 45.3 Å². The summed E-state index contributed by atoms with van der Waals surface area (Å²) in [7, 11) is 1.76. The van der Waals surface area contributed by atoms with Gasteiger partial charge in [0.15, 0.2) is 0 Å². The Morgan fingerprint density at radius 3 is 2.83 bits per heavy atom. The van der Waals surface area contributed by atoms with E-state index in [9.17, 15) is 5.26 Å². The molecule has 1 aliphatic carbocycles. The van der Waals surface area contributed by atoms with Crippen LogP contribution in [-0.4, -0.2) is 24.2 Å². The molecule has 0 aliphatic heterocycles. The molecule has 0 bridgehead atoms. The number of ether oxygens (including phenoxy) is 1. The number of nitriles is 1. The Labute approximate surface area is 108 Å². The fourth-order valence-corrected chi connectivity index (χ4v) is 2.59. The molecule has 1 saturated carbocycles. The first-order valence-electron chi connectivity index (χ1n) is 6.31. The number of hydrogen-bond donors (Lipinski definition) is 1. The quantitative estimate of drug-likeness (QED) is 0.889. The van der Waals surface area contributed by atoms with Crippen molar-refractivity contribution in [2.24, 2.45) is 0 Å². The maximum atomic E-state index is 9.21. The van der Waals surface area contributed by atoms with Crippen LogP contribution in [0.4, 0.5) is 5.69 Å². The lowest BCUT2D eigenvalue weighted by atomic mass is 10.1. The molecule has 2 unspecified atom stereocenters. The van der Waals surface area contributed by atoms with Crippen LogP contribution in [0, 0.1) is 25.2 Å². The minimum Gasteiger partial charge on any atom is -0.381 e. The molecule has 4 nitrogen and oxygen atoms in total. The molecule has 1 aliphatic rings. The summed E-state index contributed by atoms with van der Waals surface area (Å²) in [5.74, 6) is 0. The van der Waals surface area contributed by atoms with Crippen LogP contribution < -0.4 is 5.32 Å². The second-order valence-electron chi connectivity index (χ2n) is 4.90. The molecule has 1 heterocycles. The number of nitrogens with one attached hydrogen (secondary N) is 1. The standard InChI is InChI=1S/C14H19N3O/c1-9-6-14(13(8-15)10(2)16-9)17-11-4-5-12(7-11)18-3/h6,11-12H,4-5,7H2,1-3H3,(H,16,17). The normalized spacial score (nSPS) is 22.8. The van der Waals surface area contributed by atoms with Gasteiger partial charge in [-0.2, -0.15) is 5.26 Å². The number of aromatic nitrogens is 1. The summed E-state index contributed by atoms with van der Waals surface area (Å²) in [6, 6.07) is 4.58. The van der Waals surface area contributed by atoms with Gasteiger partial charge in [0.05, 0.1) is 23.0 Å². The summed E-state index contributed by atoms with van der Waals surface area (Å²) in [4.78, 5) is 4.32. The molecule has 1 aromatic rings. The second-order valence-corrected chi connectivity index (χ2v) is 4.90. The van der Waals surface area contributed by atoms with E-state index in [0.717, 1.165) is 36.3 Å². The van der Waals surface area contributed by atoms with Crippen LogP contribution in [0.3, 0.4) is 0 Å². The predicted octanol–water partition coefficient (Wildman–Crippen LogP) is 2.55. The number of aryl methyl sites for hydroxylation is 2. The van der Waals surface area contributed by atoms with Crippen molar-refractivity contribution in [3.63, 3.8) is 0 Å². The van der Waals surface area contributed by atoms with Crippen molar-refractivity contribution in [2.75, 3.05) is 12.4 Å². The Morgan fingerprint density at radius 2 is 2.22 bits per heavy atom. The van der Waals surface area contributed by atoms with E-state index in [1.54, 1.807) is 7.11 Å². The third-order valence-corrected chi connectivity index (χ3v) is 3.52. The van der Waals surface area contributed by atoms with E-state index in [2.05, 4.69) is 16.4 Å². The van der Waals surface area contributed by atoms with E-state index in [-0.39, 0.29) is 0 Å². The number of pyridine rings is 1. The van der Waals surface area contributed by atoms with E-state index < -0.39 is 0 Å². The fourth-order valence-electron chi connectivity index (χ4n) is 2.59. The van der Waals surface area contributed by atoms with Crippen molar-refractivity contribution in [3.8, 4) is 6.07 Å². The minimum absolute atomic E-state index is 0.345. The molecule has 2 rings (SSSR count). The van der Waals surface area contributed by atoms with Gasteiger partial charge in [-0.15, -0.1) is 0 Å². The van der Waals surface area contributed by atoms with Gasteiger partial charge in [0.25, 0.3) is 0 Å². The van der Waals surface area contributed by atoms with Crippen LogP contribution in [-0.2, 0) is 4.74 Å². The van der Waals surface area contributed by atoms with Gasteiger partial charge in [-0.25, -0.2) is 0 Å². The first-order valence-corrected chi connectivity index (χ1v) is 6.31. The topological polar surface area (TPSA) is 57.9 Å². The van der Waals surface area contributed by atoms with Crippen LogP contribution in [0.1, 0.15) is 36.2 Å². The van der Waals surface area contributed by atoms with Gasteiger partial charge in [0, 0.05) is 18.8 Å². The average Bonchev–Trinajstić information content (AvgIpc) is 2.76. The van der Waals surface area contributed by atoms with Crippen LogP contribution >= 0.6 is 0 Å². The number of nitrogens with zero attached hydrogens (tertiary/aromatic N) is 2. The Hall–Kier alpha value is -1.60. The zero-order valence-corrected chi connectivity index (χ0v) is 11.2. The van der Waals surface area contributed by atoms with Crippen LogP contribution in [0.25, 0.3) is 0 Å². The second kappa shape index (κ2) is 5.36. The van der Waals surface area contributed by atoms with Gasteiger partial charge in [-0.1, -0.05) is 0 Å². The number of methoxy groups -OCH3 is 1. The van der Waals surface area contributed by atoms with Gasteiger partial charge in [-0.3, -0.25) is 4.98 Å². The zero-order valence-electron chi connectivity index (χ0n) is 11.2. The Balaban J connectivity index is 2.17. The number of rotatable bonds is 3. The first kappa shape index (κ1) is 12.8. The molecule has 18 heavy (non-hydrogen) atoms. The third kappa shape index (κ3) is 2.62. The van der Waals surface area contributed by atoms with Gasteiger partial charge in [0.1, 0.15) is 6.07 Å². The van der Waals surface area contributed by atoms with E-state index in [0.29, 0.717) is 17.7 Å². The molecule has 1 fully saturated rings. The van der Waals surface area contributed by atoms with Gasteiger partial charge < -0.3 is 10.1 Å². The van der Waals surface area contributed by atoms with Gasteiger partial charge in [0.2, 0.25) is 0 Å². The van der Waals surface area contributed by atoms with Crippen LogP contribution in [0.5, 0.6) is 0 Å².